The molecule has 0 saturated heterocycles. The molecule has 0 atom stereocenters. The predicted molar refractivity (Wildman–Crippen MR) is 124 cm³/mol. The van der Waals surface area contributed by atoms with Crippen molar-refractivity contribution >= 4 is 34.8 Å². The summed E-state index contributed by atoms with van der Waals surface area (Å²) in [6, 6.07) is 17.9. The van der Waals surface area contributed by atoms with E-state index in [2.05, 4.69) is 15.7 Å². The van der Waals surface area contributed by atoms with Crippen LogP contribution in [0.25, 0.3) is 5.69 Å². The van der Waals surface area contributed by atoms with E-state index >= 15 is 0 Å². The van der Waals surface area contributed by atoms with Crippen LogP contribution >= 0.6 is 11.6 Å². The van der Waals surface area contributed by atoms with Crippen molar-refractivity contribution in [2.45, 2.75) is 0 Å². The van der Waals surface area contributed by atoms with Crippen molar-refractivity contribution < 1.29 is 18.7 Å². The normalized spacial score (nSPS) is 10.5. The molecule has 0 saturated carbocycles. The van der Waals surface area contributed by atoms with Gasteiger partial charge in [-0.3, -0.25) is 9.59 Å². The lowest BCUT2D eigenvalue weighted by Crippen LogP contribution is -2.15. The summed E-state index contributed by atoms with van der Waals surface area (Å²) in [5, 5.41) is 9.76. The Balaban J connectivity index is 1.52. The van der Waals surface area contributed by atoms with E-state index in [0.29, 0.717) is 17.0 Å². The van der Waals surface area contributed by atoms with E-state index in [4.69, 9.17) is 16.3 Å². The largest absolute Gasteiger partial charge is 0.495 e. The van der Waals surface area contributed by atoms with Gasteiger partial charge in [0.1, 0.15) is 11.6 Å². The van der Waals surface area contributed by atoms with Gasteiger partial charge in [-0.2, -0.15) is 5.10 Å². The van der Waals surface area contributed by atoms with Crippen molar-refractivity contribution in [1.29, 1.82) is 0 Å². The lowest BCUT2D eigenvalue weighted by atomic mass is 10.2. The van der Waals surface area contributed by atoms with Crippen LogP contribution in [0.5, 0.6) is 5.75 Å². The molecule has 33 heavy (non-hydrogen) atoms. The zero-order valence-electron chi connectivity index (χ0n) is 17.4. The fourth-order valence-electron chi connectivity index (χ4n) is 3.11. The second kappa shape index (κ2) is 9.54. The first-order valence-electron chi connectivity index (χ1n) is 9.80. The Morgan fingerprint density at radius 2 is 1.79 bits per heavy atom. The molecule has 7 nitrogen and oxygen atoms in total. The second-order valence-corrected chi connectivity index (χ2v) is 7.39. The summed E-state index contributed by atoms with van der Waals surface area (Å²) < 4.78 is 21.0. The Kier molecular flexibility index (Phi) is 6.37. The highest BCUT2D eigenvalue weighted by molar-refractivity contribution is 6.30. The Morgan fingerprint density at radius 1 is 1.00 bits per heavy atom. The summed E-state index contributed by atoms with van der Waals surface area (Å²) in [5.41, 5.74) is 1.66. The maximum Gasteiger partial charge on any atom is 0.258 e. The molecule has 0 radical (unpaired) electrons. The number of carbonyl (C=O) groups excluding carboxylic acids is 2. The first kappa shape index (κ1) is 22.0. The van der Waals surface area contributed by atoms with Crippen LogP contribution in [0.3, 0.4) is 0 Å². The van der Waals surface area contributed by atoms with Crippen molar-refractivity contribution in [3.63, 3.8) is 0 Å². The van der Waals surface area contributed by atoms with Gasteiger partial charge in [0.25, 0.3) is 11.8 Å². The van der Waals surface area contributed by atoms with Crippen molar-refractivity contribution in [1.82, 2.24) is 9.78 Å². The molecule has 4 rings (SSSR count). The molecule has 0 spiro atoms. The summed E-state index contributed by atoms with van der Waals surface area (Å²) in [5.74, 6) is -1.48. The molecule has 2 amide bonds. The number of carbonyl (C=O) groups is 2. The fourth-order valence-corrected chi connectivity index (χ4v) is 3.27. The predicted octanol–water partition coefficient (Wildman–Crippen LogP) is 5.18. The van der Waals surface area contributed by atoms with Crippen LogP contribution in [0.2, 0.25) is 5.02 Å². The smallest absolute Gasteiger partial charge is 0.258 e. The molecular weight excluding hydrogens is 447 g/mol. The number of nitrogens with zero attached hydrogens (tertiary/aromatic N) is 2. The van der Waals surface area contributed by atoms with E-state index in [1.165, 1.54) is 31.5 Å². The second-order valence-electron chi connectivity index (χ2n) is 6.96. The number of nitrogens with one attached hydrogen (secondary N) is 2. The maximum absolute atomic E-state index is 14.1. The average molecular weight is 465 g/mol. The van der Waals surface area contributed by atoms with E-state index in [1.54, 1.807) is 23.0 Å². The topological polar surface area (TPSA) is 85.2 Å². The van der Waals surface area contributed by atoms with Crippen LogP contribution in [0, 0.1) is 5.82 Å². The highest BCUT2D eigenvalue weighted by Crippen LogP contribution is 2.29. The number of hydrogen-bond donors (Lipinski definition) is 2. The van der Waals surface area contributed by atoms with Crippen LogP contribution in [-0.4, -0.2) is 28.7 Å². The van der Waals surface area contributed by atoms with Gasteiger partial charge in [0.2, 0.25) is 0 Å². The third kappa shape index (κ3) is 5.02. The number of para-hydroxylation sites is 1. The standard InChI is InChI=1S/C24H18ClFN4O3/c1-33-22-10-8-17(12-21(22)29-24(32)19-9-7-16(25)11-20(19)26)28-23(31)15-13-27-30(14-15)18-5-3-2-4-6-18/h2-14H,1H3,(H,28,31)(H,29,32). The van der Waals surface area contributed by atoms with Gasteiger partial charge >= 0.3 is 0 Å². The molecule has 0 aliphatic heterocycles. The molecule has 9 heteroatoms. The van der Waals surface area contributed by atoms with Gasteiger partial charge in [0, 0.05) is 16.9 Å². The Morgan fingerprint density at radius 3 is 2.52 bits per heavy atom. The van der Waals surface area contributed by atoms with Gasteiger partial charge in [-0.15, -0.1) is 0 Å². The number of anilines is 2. The van der Waals surface area contributed by atoms with Gasteiger partial charge < -0.3 is 15.4 Å². The minimum Gasteiger partial charge on any atom is -0.495 e. The lowest BCUT2D eigenvalue weighted by Gasteiger charge is -2.13. The van der Waals surface area contributed by atoms with Gasteiger partial charge in [-0.1, -0.05) is 29.8 Å². The van der Waals surface area contributed by atoms with Crippen LogP contribution in [0.1, 0.15) is 20.7 Å². The number of aromatic nitrogens is 2. The zero-order valence-corrected chi connectivity index (χ0v) is 18.1. The van der Waals surface area contributed by atoms with Gasteiger partial charge in [-0.25, -0.2) is 9.07 Å². The minimum absolute atomic E-state index is 0.177. The summed E-state index contributed by atoms with van der Waals surface area (Å²) in [6.07, 6.45) is 3.07. The SMILES string of the molecule is COc1ccc(NC(=O)c2cnn(-c3ccccc3)c2)cc1NC(=O)c1ccc(Cl)cc1F. The summed E-state index contributed by atoms with van der Waals surface area (Å²) in [4.78, 5) is 25.3. The molecule has 0 aliphatic rings. The quantitative estimate of drug-likeness (QED) is 0.412. The maximum atomic E-state index is 14.1. The summed E-state index contributed by atoms with van der Waals surface area (Å²) >= 11 is 5.75. The van der Waals surface area contributed by atoms with Crippen LogP contribution in [-0.2, 0) is 0 Å². The first-order chi connectivity index (χ1) is 15.9. The van der Waals surface area contributed by atoms with Gasteiger partial charge in [0.05, 0.1) is 35.8 Å². The van der Waals surface area contributed by atoms with Crippen molar-refractivity contribution in [2.24, 2.45) is 0 Å². The highest BCUT2D eigenvalue weighted by atomic mass is 35.5. The van der Waals surface area contributed by atoms with Crippen LogP contribution in [0.15, 0.2) is 79.1 Å². The minimum atomic E-state index is -0.751. The lowest BCUT2D eigenvalue weighted by molar-refractivity contribution is 0.101. The van der Waals surface area contributed by atoms with Crippen molar-refractivity contribution in [3.8, 4) is 11.4 Å². The summed E-state index contributed by atoms with van der Waals surface area (Å²) in [7, 11) is 1.43. The van der Waals surface area contributed by atoms with E-state index in [-0.39, 0.29) is 22.2 Å². The third-order valence-corrected chi connectivity index (χ3v) is 4.98. The zero-order chi connectivity index (χ0) is 23.4. The molecule has 0 fully saturated rings. The Labute approximate surface area is 193 Å². The highest BCUT2D eigenvalue weighted by Gasteiger charge is 2.16. The number of hydrogen-bond acceptors (Lipinski definition) is 4. The van der Waals surface area contributed by atoms with E-state index in [1.807, 2.05) is 30.3 Å². The number of rotatable bonds is 6. The molecule has 1 aromatic heterocycles. The number of halogens is 2. The van der Waals surface area contributed by atoms with E-state index in [0.717, 1.165) is 11.8 Å². The molecule has 0 bridgehead atoms. The van der Waals surface area contributed by atoms with E-state index < -0.39 is 11.7 Å². The molecule has 0 unspecified atom stereocenters. The van der Waals surface area contributed by atoms with Crippen molar-refractivity contribution in [2.75, 3.05) is 17.7 Å². The average Bonchev–Trinajstić information content (AvgIpc) is 3.30. The third-order valence-electron chi connectivity index (χ3n) is 4.75. The Bertz CT molecular complexity index is 1320. The Hall–Kier alpha value is -4.17. The molecule has 4 aromatic rings. The fraction of sp³-hybridized carbons (Fsp3) is 0.0417. The molecule has 0 aliphatic carbocycles. The number of methoxy groups -OCH3 is 1. The van der Waals surface area contributed by atoms with Gasteiger partial charge in [-0.05, 0) is 48.5 Å². The summed E-state index contributed by atoms with van der Waals surface area (Å²) in [6.45, 7) is 0. The van der Waals surface area contributed by atoms with Gasteiger partial charge in [0.15, 0.2) is 0 Å². The van der Waals surface area contributed by atoms with Crippen LogP contribution in [0.4, 0.5) is 15.8 Å². The van der Waals surface area contributed by atoms with Crippen LogP contribution < -0.4 is 15.4 Å². The molecule has 166 valence electrons. The first-order valence-corrected chi connectivity index (χ1v) is 10.2. The molecular formula is C24H18ClFN4O3. The van der Waals surface area contributed by atoms with E-state index in [9.17, 15) is 14.0 Å². The molecule has 1 heterocycles. The van der Waals surface area contributed by atoms with Crippen molar-refractivity contribution in [3.05, 3.63) is 101 Å². The molecule has 3 aromatic carbocycles. The number of benzene rings is 3. The molecule has 2 N–H and O–H groups in total. The number of amides is 2. The monoisotopic (exact) mass is 464 g/mol. The number of ether oxygens (including phenoxy) is 1.